The Kier molecular flexibility index (Phi) is 4.34. The van der Waals surface area contributed by atoms with Gasteiger partial charge < -0.3 is 0 Å². The largest absolute Gasteiger partial charge is 0.243 e. The minimum atomic E-state index is -3.51. The number of hydrogen-bond donors (Lipinski definition) is 0. The van der Waals surface area contributed by atoms with Crippen LogP contribution in [-0.2, 0) is 10.0 Å². The molecule has 0 spiro atoms. The Morgan fingerprint density at radius 3 is 2.42 bits per heavy atom. The lowest BCUT2D eigenvalue weighted by molar-refractivity contribution is 0.402. The predicted molar refractivity (Wildman–Crippen MR) is 99.0 cm³/mol. The van der Waals surface area contributed by atoms with E-state index in [0.717, 1.165) is 17.5 Å². The van der Waals surface area contributed by atoms with Crippen molar-refractivity contribution >= 4 is 10.0 Å². The predicted octanol–water partition coefficient (Wildman–Crippen LogP) is 2.89. The van der Waals surface area contributed by atoms with Crippen LogP contribution < -0.4 is 0 Å². The molecule has 1 aliphatic heterocycles. The maximum atomic E-state index is 12.9. The van der Waals surface area contributed by atoms with Gasteiger partial charge in [-0.15, -0.1) is 0 Å². The highest BCUT2D eigenvalue weighted by Gasteiger charge is 2.34. The molecule has 1 saturated heterocycles. The molecule has 2 heterocycles. The molecule has 0 N–H and O–H groups in total. The van der Waals surface area contributed by atoms with Gasteiger partial charge in [-0.1, -0.05) is 42.0 Å². The average Bonchev–Trinajstić information content (AvgIpc) is 3.33. The molecule has 0 amide bonds. The van der Waals surface area contributed by atoms with Gasteiger partial charge in [-0.05, 0) is 36.6 Å². The maximum Gasteiger partial charge on any atom is 0.243 e. The van der Waals surface area contributed by atoms with E-state index >= 15 is 0 Å². The second kappa shape index (κ2) is 6.66. The molecule has 3 aromatic rings. The third-order valence-electron chi connectivity index (χ3n) is 4.73. The fourth-order valence-corrected chi connectivity index (χ4v) is 4.82. The van der Waals surface area contributed by atoms with Crippen molar-refractivity contribution in [3.63, 3.8) is 0 Å². The molecule has 7 heteroatoms. The van der Waals surface area contributed by atoms with E-state index in [1.807, 2.05) is 37.3 Å². The Bertz CT molecular complexity index is 998. The summed E-state index contributed by atoms with van der Waals surface area (Å²) in [5.41, 5.74) is 3.27. The molecule has 1 unspecified atom stereocenters. The van der Waals surface area contributed by atoms with E-state index in [1.165, 1.54) is 9.87 Å². The first-order valence-electron chi connectivity index (χ1n) is 8.57. The fraction of sp³-hybridized carbons (Fsp3) is 0.263. The Hall–Kier alpha value is -2.51. The monoisotopic (exact) mass is 368 g/mol. The fourth-order valence-electron chi connectivity index (χ4n) is 3.33. The standard InChI is InChI=1S/C19H20N4O2S/c1-15-3-2-4-17(13-15)16-5-7-19(8-6-16)26(24,25)22-12-9-18(14-22)23-20-10-11-21-23/h2-8,10-11,13,18H,9,12,14H2,1H3. The summed E-state index contributed by atoms with van der Waals surface area (Å²) in [4.78, 5) is 1.92. The highest BCUT2D eigenvalue weighted by Crippen LogP contribution is 2.28. The van der Waals surface area contributed by atoms with Gasteiger partial charge in [-0.2, -0.15) is 19.3 Å². The lowest BCUT2D eigenvalue weighted by atomic mass is 10.0. The van der Waals surface area contributed by atoms with Crippen LogP contribution in [0.1, 0.15) is 18.0 Å². The van der Waals surface area contributed by atoms with Crippen molar-refractivity contribution in [1.82, 2.24) is 19.3 Å². The number of nitrogens with zero attached hydrogens (tertiary/aromatic N) is 4. The lowest BCUT2D eigenvalue weighted by Crippen LogP contribution is -2.29. The van der Waals surface area contributed by atoms with E-state index in [-0.39, 0.29) is 6.04 Å². The van der Waals surface area contributed by atoms with E-state index in [9.17, 15) is 8.42 Å². The van der Waals surface area contributed by atoms with Crippen LogP contribution in [0, 0.1) is 6.92 Å². The highest BCUT2D eigenvalue weighted by molar-refractivity contribution is 7.89. The van der Waals surface area contributed by atoms with Crippen LogP contribution in [-0.4, -0.2) is 40.8 Å². The van der Waals surface area contributed by atoms with Crippen molar-refractivity contribution in [3.05, 3.63) is 66.5 Å². The van der Waals surface area contributed by atoms with Crippen LogP contribution >= 0.6 is 0 Å². The molecule has 1 aliphatic rings. The third kappa shape index (κ3) is 3.15. The van der Waals surface area contributed by atoms with Crippen molar-refractivity contribution < 1.29 is 8.42 Å². The summed E-state index contributed by atoms with van der Waals surface area (Å²) in [7, 11) is -3.51. The molecule has 26 heavy (non-hydrogen) atoms. The molecule has 1 fully saturated rings. The Labute approximate surface area is 153 Å². The first-order valence-corrected chi connectivity index (χ1v) is 10.0. The van der Waals surface area contributed by atoms with Crippen LogP contribution in [0.25, 0.3) is 11.1 Å². The van der Waals surface area contributed by atoms with E-state index < -0.39 is 10.0 Å². The summed E-state index contributed by atoms with van der Waals surface area (Å²) >= 11 is 0. The van der Waals surface area contributed by atoms with Crippen LogP contribution in [0.3, 0.4) is 0 Å². The van der Waals surface area contributed by atoms with Gasteiger partial charge in [0.15, 0.2) is 0 Å². The average molecular weight is 368 g/mol. The van der Waals surface area contributed by atoms with Gasteiger partial charge in [0.2, 0.25) is 10.0 Å². The molecule has 1 aromatic heterocycles. The Balaban J connectivity index is 1.55. The number of rotatable bonds is 4. The summed E-state index contributed by atoms with van der Waals surface area (Å²) in [5, 5.41) is 8.25. The second-order valence-corrected chi connectivity index (χ2v) is 8.49. The number of benzene rings is 2. The molecule has 134 valence electrons. The normalized spacial score (nSPS) is 18.3. The topological polar surface area (TPSA) is 68.1 Å². The van der Waals surface area contributed by atoms with E-state index in [0.29, 0.717) is 18.0 Å². The van der Waals surface area contributed by atoms with Gasteiger partial charge in [0.25, 0.3) is 0 Å². The molecule has 1 atom stereocenters. The molecule has 0 bridgehead atoms. The quantitative estimate of drug-likeness (QED) is 0.710. The molecule has 6 nitrogen and oxygen atoms in total. The van der Waals surface area contributed by atoms with Gasteiger partial charge in [-0.3, -0.25) is 0 Å². The van der Waals surface area contributed by atoms with Crippen LogP contribution in [0.5, 0.6) is 0 Å². The summed E-state index contributed by atoms with van der Waals surface area (Å²) in [5.74, 6) is 0. The Morgan fingerprint density at radius 2 is 1.73 bits per heavy atom. The highest BCUT2D eigenvalue weighted by atomic mass is 32.2. The van der Waals surface area contributed by atoms with Crippen LogP contribution in [0.2, 0.25) is 0 Å². The van der Waals surface area contributed by atoms with Crippen molar-refractivity contribution in [2.75, 3.05) is 13.1 Å². The number of aryl methyl sites for hydroxylation is 1. The van der Waals surface area contributed by atoms with Crippen molar-refractivity contribution in [2.45, 2.75) is 24.3 Å². The first-order chi connectivity index (χ1) is 12.5. The third-order valence-corrected chi connectivity index (χ3v) is 6.61. The summed E-state index contributed by atoms with van der Waals surface area (Å²) in [6, 6.07) is 15.3. The summed E-state index contributed by atoms with van der Waals surface area (Å²) in [6.45, 7) is 2.92. The van der Waals surface area contributed by atoms with Crippen LogP contribution in [0.4, 0.5) is 0 Å². The van der Waals surface area contributed by atoms with E-state index in [2.05, 4.69) is 16.3 Å². The molecular weight excluding hydrogens is 348 g/mol. The minimum absolute atomic E-state index is 0.00802. The van der Waals surface area contributed by atoms with Crippen molar-refractivity contribution in [1.29, 1.82) is 0 Å². The molecule has 0 radical (unpaired) electrons. The summed E-state index contributed by atoms with van der Waals surface area (Å²) < 4.78 is 27.4. The number of aromatic nitrogens is 3. The van der Waals surface area contributed by atoms with Crippen molar-refractivity contribution in [3.8, 4) is 11.1 Å². The zero-order chi connectivity index (χ0) is 18.1. The molecule has 0 saturated carbocycles. The van der Waals surface area contributed by atoms with E-state index in [4.69, 9.17) is 0 Å². The zero-order valence-electron chi connectivity index (χ0n) is 14.5. The SMILES string of the molecule is Cc1cccc(-c2ccc(S(=O)(=O)N3CCC(n4nccn4)C3)cc2)c1. The maximum absolute atomic E-state index is 12.9. The second-order valence-electron chi connectivity index (χ2n) is 6.55. The van der Waals surface area contributed by atoms with E-state index in [1.54, 1.807) is 29.3 Å². The molecule has 0 aliphatic carbocycles. The van der Waals surface area contributed by atoms with Gasteiger partial charge in [0.05, 0.1) is 23.3 Å². The lowest BCUT2D eigenvalue weighted by Gasteiger charge is -2.16. The smallest absolute Gasteiger partial charge is 0.207 e. The molecule has 4 rings (SSSR count). The number of sulfonamides is 1. The minimum Gasteiger partial charge on any atom is -0.207 e. The summed E-state index contributed by atoms with van der Waals surface area (Å²) in [6.07, 6.45) is 3.94. The molecular formula is C19H20N4O2S. The van der Waals surface area contributed by atoms with Gasteiger partial charge in [0.1, 0.15) is 0 Å². The Morgan fingerprint density at radius 1 is 1.00 bits per heavy atom. The molecule has 2 aromatic carbocycles. The van der Waals surface area contributed by atoms with Gasteiger partial charge >= 0.3 is 0 Å². The zero-order valence-corrected chi connectivity index (χ0v) is 15.3. The first kappa shape index (κ1) is 16.9. The van der Waals surface area contributed by atoms with Crippen LogP contribution in [0.15, 0.2) is 65.8 Å². The van der Waals surface area contributed by atoms with Gasteiger partial charge in [-0.25, -0.2) is 8.42 Å². The van der Waals surface area contributed by atoms with Gasteiger partial charge in [0, 0.05) is 13.1 Å². The van der Waals surface area contributed by atoms with Crippen molar-refractivity contribution in [2.24, 2.45) is 0 Å². The number of hydrogen-bond acceptors (Lipinski definition) is 4.